The van der Waals surface area contributed by atoms with Crippen molar-refractivity contribution >= 4 is 22.7 Å². The first-order valence-corrected chi connectivity index (χ1v) is 6.84. The molecular formula is C13H12N4S. The zero-order chi connectivity index (χ0) is 12.5. The van der Waals surface area contributed by atoms with E-state index in [9.17, 15) is 0 Å². The number of thioether (sulfide) groups is 1. The number of aromatic nitrogens is 4. The Labute approximate surface area is 109 Å². The van der Waals surface area contributed by atoms with E-state index in [-0.39, 0.29) is 0 Å². The van der Waals surface area contributed by atoms with Gasteiger partial charge in [-0.15, -0.1) is 16.9 Å². The lowest BCUT2D eigenvalue weighted by Crippen LogP contribution is -1.99. The van der Waals surface area contributed by atoms with Crippen LogP contribution in [0.15, 0.2) is 41.6 Å². The summed E-state index contributed by atoms with van der Waals surface area (Å²) in [6, 6.07) is 10.1. The molecule has 1 aromatic carbocycles. The van der Waals surface area contributed by atoms with Gasteiger partial charge in [0.15, 0.2) is 0 Å². The first-order chi connectivity index (χ1) is 8.81. The van der Waals surface area contributed by atoms with Crippen molar-refractivity contribution in [3.8, 4) is 5.69 Å². The normalized spacial score (nSPS) is 11.0. The Balaban J connectivity index is 2.35. The highest BCUT2D eigenvalue weighted by atomic mass is 32.2. The fourth-order valence-electron chi connectivity index (χ4n) is 1.94. The van der Waals surface area contributed by atoms with Gasteiger partial charge < -0.3 is 0 Å². The molecule has 2 aromatic heterocycles. The number of nitrogens with zero attached hydrogens (tertiary/aromatic N) is 4. The minimum Gasteiger partial charge on any atom is -0.230 e. The molecule has 3 rings (SSSR count). The average molecular weight is 256 g/mol. The number of benzene rings is 1. The van der Waals surface area contributed by atoms with Gasteiger partial charge in [-0.2, -0.15) is 10.2 Å². The third-order valence-electron chi connectivity index (χ3n) is 2.85. The van der Waals surface area contributed by atoms with Gasteiger partial charge in [0.05, 0.1) is 17.6 Å². The predicted molar refractivity (Wildman–Crippen MR) is 73.2 cm³/mol. The zero-order valence-corrected chi connectivity index (χ0v) is 11.0. The maximum absolute atomic E-state index is 4.46. The largest absolute Gasteiger partial charge is 0.230 e. The first-order valence-electron chi connectivity index (χ1n) is 5.61. The van der Waals surface area contributed by atoms with E-state index in [1.165, 1.54) is 0 Å². The number of hydrogen-bond acceptors (Lipinski definition) is 4. The molecule has 4 nitrogen and oxygen atoms in total. The number of hydrogen-bond donors (Lipinski definition) is 0. The maximum Gasteiger partial charge on any atom is 0.145 e. The van der Waals surface area contributed by atoms with Crippen molar-refractivity contribution < 1.29 is 0 Å². The third-order valence-corrected chi connectivity index (χ3v) is 3.51. The lowest BCUT2D eigenvalue weighted by Gasteiger charge is -2.06. The Morgan fingerprint density at radius 3 is 2.61 bits per heavy atom. The Bertz CT molecular complexity index is 691. The molecule has 0 aliphatic heterocycles. The van der Waals surface area contributed by atoms with Gasteiger partial charge in [0, 0.05) is 5.39 Å². The summed E-state index contributed by atoms with van der Waals surface area (Å²) >= 11 is 1.59. The Morgan fingerprint density at radius 2 is 1.89 bits per heavy atom. The topological polar surface area (TPSA) is 43.6 Å². The van der Waals surface area contributed by atoms with Crippen LogP contribution < -0.4 is 0 Å². The molecule has 0 bridgehead atoms. The van der Waals surface area contributed by atoms with Crippen LogP contribution in [0, 0.1) is 6.92 Å². The summed E-state index contributed by atoms with van der Waals surface area (Å²) in [6.07, 6.45) is 3.85. The molecule has 0 aliphatic rings. The molecule has 3 aromatic rings. The molecule has 0 amide bonds. The molecule has 0 unspecified atom stereocenters. The van der Waals surface area contributed by atoms with Crippen LogP contribution in [0.2, 0.25) is 0 Å². The van der Waals surface area contributed by atoms with Gasteiger partial charge in [-0.1, -0.05) is 18.2 Å². The van der Waals surface area contributed by atoms with Gasteiger partial charge in [0.2, 0.25) is 0 Å². The summed E-state index contributed by atoms with van der Waals surface area (Å²) in [7, 11) is 0. The van der Waals surface area contributed by atoms with Crippen LogP contribution in [-0.2, 0) is 0 Å². The number of rotatable bonds is 2. The molecule has 18 heavy (non-hydrogen) atoms. The van der Waals surface area contributed by atoms with E-state index < -0.39 is 0 Å². The number of para-hydroxylation sites is 1. The Morgan fingerprint density at radius 1 is 1.11 bits per heavy atom. The monoisotopic (exact) mass is 256 g/mol. The second kappa shape index (κ2) is 4.42. The zero-order valence-electron chi connectivity index (χ0n) is 10.2. The highest BCUT2D eigenvalue weighted by molar-refractivity contribution is 7.98. The molecule has 0 saturated carbocycles. The summed E-state index contributed by atoms with van der Waals surface area (Å²) in [5, 5.41) is 14.8. The smallest absolute Gasteiger partial charge is 0.145 e. The van der Waals surface area contributed by atoms with Crippen molar-refractivity contribution in [2.24, 2.45) is 0 Å². The third kappa shape index (κ3) is 1.67. The molecule has 0 aliphatic carbocycles. The van der Waals surface area contributed by atoms with Crippen molar-refractivity contribution in [1.29, 1.82) is 0 Å². The molecule has 0 N–H and O–H groups in total. The van der Waals surface area contributed by atoms with Crippen molar-refractivity contribution in [3.05, 3.63) is 42.2 Å². The summed E-state index contributed by atoms with van der Waals surface area (Å²) in [5.41, 5.74) is 2.97. The van der Waals surface area contributed by atoms with Gasteiger partial charge in [0.25, 0.3) is 0 Å². The minimum absolute atomic E-state index is 0.900. The van der Waals surface area contributed by atoms with Gasteiger partial charge in [-0.3, -0.25) is 0 Å². The number of fused-ring (bicyclic) bond motifs is 1. The summed E-state index contributed by atoms with van der Waals surface area (Å²) < 4.78 is 1.92. The molecule has 5 heteroatoms. The fourth-order valence-corrected chi connectivity index (χ4v) is 2.46. The first kappa shape index (κ1) is 11.2. The highest BCUT2D eigenvalue weighted by Crippen LogP contribution is 2.27. The van der Waals surface area contributed by atoms with E-state index in [1.54, 1.807) is 11.8 Å². The average Bonchev–Trinajstić information content (AvgIpc) is 2.86. The molecule has 0 radical (unpaired) electrons. The van der Waals surface area contributed by atoms with Crippen molar-refractivity contribution in [3.63, 3.8) is 0 Å². The van der Waals surface area contributed by atoms with Gasteiger partial charge in [-0.25, -0.2) is 4.68 Å². The van der Waals surface area contributed by atoms with E-state index in [0.29, 0.717) is 0 Å². The maximum atomic E-state index is 4.46. The number of aryl methyl sites for hydroxylation is 1. The minimum atomic E-state index is 0.900. The molecule has 0 spiro atoms. The van der Waals surface area contributed by atoms with E-state index in [4.69, 9.17) is 0 Å². The molecule has 0 saturated heterocycles. The molecular weight excluding hydrogens is 244 g/mol. The summed E-state index contributed by atoms with van der Waals surface area (Å²) in [4.78, 5) is 0. The van der Waals surface area contributed by atoms with Crippen molar-refractivity contribution in [1.82, 2.24) is 20.0 Å². The van der Waals surface area contributed by atoms with E-state index in [1.807, 2.05) is 54.4 Å². The van der Waals surface area contributed by atoms with Crippen LogP contribution in [-0.4, -0.2) is 26.2 Å². The lowest BCUT2D eigenvalue weighted by molar-refractivity contribution is 0.868. The molecule has 90 valence electrons. The van der Waals surface area contributed by atoms with Crippen LogP contribution in [0.4, 0.5) is 0 Å². The van der Waals surface area contributed by atoms with Crippen LogP contribution in [0.25, 0.3) is 16.6 Å². The van der Waals surface area contributed by atoms with E-state index >= 15 is 0 Å². The second-order valence-corrected chi connectivity index (χ2v) is 4.74. The van der Waals surface area contributed by atoms with Crippen LogP contribution >= 0.6 is 11.8 Å². The summed E-state index contributed by atoms with van der Waals surface area (Å²) in [5.74, 6) is 0. The summed E-state index contributed by atoms with van der Waals surface area (Å²) in [6.45, 7) is 1.95. The van der Waals surface area contributed by atoms with Crippen molar-refractivity contribution in [2.45, 2.75) is 11.9 Å². The quantitative estimate of drug-likeness (QED) is 0.661. The van der Waals surface area contributed by atoms with Crippen LogP contribution in [0.3, 0.4) is 0 Å². The highest BCUT2D eigenvalue weighted by Gasteiger charge is 2.13. The van der Waals surface area contributed by atoms with Crippen molar-refractivity contribution in [2.75, 3.05) is 6.26 Å². The standard InChI is InChI=1S/C13H12N4S/c1-9-11-8-14-17(10-6-4-3-5-7-10)12(11)13(18-2)16-15-9/h3-8H,1-2H3. The lowest BCUT2D eigenvalue weighted by atomic mass is 10.3. The van der Waals surface area contributed by atoms with Gasteiger partial charge in [-0.05, 0) is 25.3 Å². The van der Waals surface area contributed by atoms with Gasteiger partial charge >= 0.3 is 0 Å². The predicted octanol–water partition coefficient (Wildman–Crippen LogP) is 2.85. The fraction of sp³-hybridized carbons (Fsp3) is 0.154. The van der Waals surface area contributed by atoms with Gasteiger partial charge in [0.1, 0.15) is 10.5 Å². The SMILES string of the molecule is CSc1nnc(C)c2cnn(-c3ccccc3)c12. The molecule has 2 heterocycles. The van der Waals surface area contributed by atoms with E-state index in [2.05, 4.69) is 15.3 Å². The molecule has 0 fully saturated rings. The van der Waals surface area contributed by atoms with Crippen LogP contribution in [0.5, 0.6) is 0 Å². The Hall–Kier alpha value is -1.88. The molecule has 0 atom stereocenters. The van der Waals surface area contributed by atoms with E-state index in [0.717, 1.165) is 27.3 Å². The Kier molecular flexibility index (Phi) is 2.76. The second-order valence-electron chi connectivity index (χ2n) is 3.95. The van der Waals surface area contributed by atoms with Crippen LogP contribution in [0.1, 0.15) is 5.69 Å².